The van der Waals surface area contributed by atoms with Crippen LogP contribution in [0.1, 0.15) is 71.3 Å². The first kappa shape index (κ1) is 47.0. The van der Waals surface area contributed by atoms with E-state index < -0.39 is 48.3 Å². The third-order valence-corrected chi connectivity index (χ3v) is 9.79. The molecule has 0 radical (unpaired) electrons. The highest BCUT2D eigenvalue weighted by Gasteiger charge is 2.52. The van der Waals surface area contributed by atoms with Crippen molar-refractivity contribution in [2.75, 3.05) is 51.7 Å². The van der Waals surface area contributed by atoms with Crippen molar-refractivity contribution < 1.29 is 74.3 Å². The number of rotatable bonds is 16. The number of ether oxygens (including phenoxy) is 2. The maximum absolute atomic E-state index is 12.3. The van der Waals surface area contributed by atoms with E-state index in [0.717, 1.165) is 38.9 Å². The summed E-state index contributed by atoms with van der Waals surface area (Å²) < 4.78 is 11.4. The lowest BCUT2D eigenvalue weighted by Gasteiger charge is -2.35. The van der Waals surface area contributed by atoms with Gasteiger partial charge in [0.1, 0.15) is 5.75 Å². The number of nitrogens with zero attached hydrogens (tertiary/aromatic N) is 3. The Balaban J connectivity index is 0.000000429. The van der Waals surface area contributed by atoms with Crippen LogP contribution in [0.15, 0.2) is 18.2 Å². The van der Waals surface area contributed by atoms with Crippen molar-refractivity contribution in [3.63, 3.8) is 0 Å². The Morgan fingerprint density at radius 3 is 1.76 bits per heavy atom. The molecule has 19 heteroatoms. The lowest BCUT2D eigenvalue weighted by atomic mass is 9.81. The summed E-state index contributed by atoms with van der Waals surface area (Å²) in [5, 5.41) is 68.0. The third kappa shape index (κ3) is 13.9. The van der Waals surface area contributed by atoms with Crippen LogP contribution in [0.25, 0.3) is 0 Å². The Kier molecular flexibility index (Phi) is 18.7. The highest BCUT2D eigenvalue weighted by molar-refractivity contribution is 5.83. The number of benzene rings is 1. The summed E-state index contributed by atoms with van der Waals surface area (Å²) >= 11 is 0. The number of likely N-dealkylation sites (N-methyl/N-ethyl adjacent to an activating group) is 2. The number of morpholine rings is 1. The SMILES string of the molecule is C[C@@H]1CN(CCCCCCCCNC(=O)Oc2ccc3c(c2)[C@]2(C)CCN(C)[C@@H]2N3C)C[C@H](C)O1.O=C(O)C(O)C(O)C(=O)O.O=C(O)C(O)C(O)C(=O)O. The number of hydrogen-bond acceptors (Lipinski definition) is 14. The minimum Gasteiger partial charge on any atom is -0.479 e. The molecule has 1 aromatic rings. The molecule has 3 heterocycles. The molecule has 8 atom stereocenters. The maximum atomic E-state index is 12.3. The van der Waals surface area contributed by atoms with Crippen molar-refractivity contribution in [3.8, 4) is 5.75 Å². The summed E-state index contributed by atoms with van der Waals surface area (Å²) in [6.07, 6.45) is -0.0629. The molecule has 55 heavy (non-hydrogen) atoms. The molecule has 0 spiro atoms. The number of unbranched alkanes of at least 4 members (excludes halogenated alkanes) is 5. The monoisotopic (exact) mass is 786 g/mol. The Morgan fingerprint density at radius 1 is 0.800 bits per heavy atom. The van der Waals surface area contributed by atoms with Gasteiger partial charge >= 0.3 is 30.0 Å². The van der Waals surface area contributed by atoms with Crippen LogP contribution in [0, 0.1) is 0 Å². The van der Waals surface area contributed by atoms with Crippen molar-refractivity contribution >= 4 is 35.7 Å². The molecule has 0 aromatic heterocycles. The molecule has 2 fully saturated rings. The molecule has 1 amide bonds. The zero-order valence-corrected chi connectivity index (χ0v) is 32.0. The van der Waals surface area contributed by atoms with Crippen LogP contribution in [0.2, 0.25) is 0 Å². The summed E-state index contributed by atoms with van der Waals surface area (Å²) in [5.41, 5.74) is 2.61. The summed E-state index contributed by atoms with van der Waals surface area (Å²) in [4.78, 5) is 58.7. The number of amides is 1. The molecule has 312 valence electrons. The number of nitrogens with one attached hydrogen (secondary N) is 1. The van der Waals surface area contributed by atoms with Gasteiger partial charge in [-0.05, 0) is 70.5 Å². The summed E-state index contributed by atoms with van der Waals surface area (Å²) in [6.45, 7) is 11.7. The molecular formula is C36H58N4O15. The molecule has 0 aliphatic carbocycles. The Hall–Kier alpha value is -4.11. The van der Waals surface area contributed by atoms with Crippen molar-refractivity contribution in [1.82, 2.24) is 15.1 Å². The van der Waals surface area contributed by atoms with Gasteiger partial charge < -0.3 is 60.5 Å². The summed E-state index contributed by atoms with van der Waals surface area (Å²) in [6, 6.07) is 6.08. The molecule has 9 N–H and O–H groups in total. The first-order chi connectivity index (χ1) is 25.7. The minimum atomic E-state index is -2.27. The van der Waals surface area contributed by atoms with Crippen molar-refractivity contribution in [1.29, 1.82) is 0 Å². The number of hydrogen-bond donors (Lipinski definition) is 9. The van der Waals surface area contributed by atoms with E-state index in [1.807, 2.05) is 6.07 Å². The van der Waals surface area contributed by atoms with E-state index in [2.05, 4.69) is 67.0 Å². The van der Waals surface area contributed by atoms with Gasteiger partial charge in [-0.3, -0.25) is 9.80 Å². The largest absolute Gasteiger partial charge is 0.479 e. The van der Waals surface area contributed by atoms with Crippen molar-refractivity contribution in [3.05, 3.63) is 23.8 Å². The average Bonchev–Trinajstić information content (AvgIpc) is 3.54. The topological polar surface area (TPSA) is 287 Å². The Morgan fingerprint density at radius 2 is 1.27 bits per heavy atom. The van der Waals surface area contributed by atoms with Crippen molar-refractivity contribution in [2.45, 2.75) is 114 Å². The van der Waals surface area contributed by atoms with Crippen LogP contribution in [-0.2, 0) is 29.3 Å². The second-order valence-electron chi connectivity index (χ2n) is 14.4. The molecule has 4 rings (SSSR count). The standard InChI is InChI=1S/C28H46N4O3.2C4H6O6/c1-21-19-32(20-22(2)34-21)16-11-9-7-6-8-10-15-29-27(33)35-23-12-13-25-24(18-23)28(3)14-17-30(4)26(28)31(25)5;2*5-1(3(7)8)2(6)4(9)10/h12-13,18,21-22,26H,6-11,14-17,19-20H2,1-5H3,(H,29,33);2*1-2,5-6H,(H,7,8)(H,9,10)/t21-,22+,26-,28+;;/m1../s1. The van der Waals surface area contributed by atoms with Gasteiger partial charge in [0.15, 0.2) is 24.4 Å². The number of aliphatic hydroxyl groups excluding tert-OH is 4. The second-order valence-corrected chi connectivity index (χ2v) is 14.4. The van der Waals surface area contributed by atoms with Gasteiger partial charge in [-0.2, -0.15) is 0 Å². The summed E-state index contributed by atoms with van der Waals surface area (Å²) in [5.74, 6) is -6.44. The normalized spacial score (nSPS) is 24.0. The molecule has 19 nitrogen and oxygen atoms in total. The highest BCUT2D eigenvalue weighted by atomic mass is 16.6. The van der Waals surface area contributed by atoms with E-state index >= 15 is 0 Å². The average molecular weight is 787 g/mol. The molecular weight excluding hydrogens is 728 g/mol. The molecule has 4 unspecified atom stereocenters. The molecule has 0 bridgehead atoms. The first-order valence-corrected chi connectivity index (χ1v) is 18.3. The number of carbonyl (C=O) groups is 5. The highest BCUT2D eigenvalue weighted by Crippen LogP contribution is 2.51. The number of aliphatic carboxylic acids is 4. The number of aliphatic hydroxyl groups is 4. The predicted octanol–water partition coefficient (Wildman–Crippen LogP) is 0.349. The van der Waals surface area contributed by atoms with E-state index in [0.29, 0.717) is 30.7 Å². The van der Waals surface area contributed by atoms with Crippen LogP contribution >= 0.6 is 0 Å². The zero-order valence-electron chi connectivity index (χ0n) is 32.0. The second kappa shape index (κ2) is 21.8. The van der Waals surface area contributed by atoms with E-state index in [-0.39, 0.29) is 11.5 Å². The van der Waals surface area contributed by atoms with Gasteiger partial charge in [-0.25, -0.2) is 24.0 Å². The van der Waals surface area contributed by atoms with Gasteiger partial charge in [-0.15, -0.1) is 0 Å². The number of likely N-dealkylation sites (tertiary alicyclic amines) is 1. The number of fused-ring (bicyclic) bond motifs is 3. The minimum absolute atomic E-state index is 0.0771. The smallest absolute Gasteiger partial charge is 0.412 e. The van der Waals surface area contributed by atoms with Crippen LogP contribution in [0.3, 0.4) is 0 Å². The molecule has 0 saturated carbocycles. The Bertz CT molecular complexity index is 1370. The van der Waals surface area contributed by atoms with Crippen molar-refractivity contribution in [2.24, 2.45) is 0 Å². The van der Waals surface area contributed by atoms with E-state index in [1.54, 1.807) is 0 Å². The van der Waals surface area contributed by atoms with Crippen LogP contribution in [0.5, 0.6) is 5.75 Å². The van der Waals surface area contributed by atoms with Gasteiger partial charge in [0, 0.05) is 44.3 Å². The molecule has 3 aliphatic heterocycles. The number of carboxylic acid groups (broad SMARTS) is 4. The predicted molar refractivity (Wildman–Crippen MR) is 196 cm³/mol. The van der Waals surface area contributed by atoms with E-state index in [9.17, 15) is 24.0 Å². The fourth-order valence-electron chi connectivity index (χ4n) is 7.13. The van der Waals surface area contributed by atoms with Gasteiger partial charge in [0.2, 0.25) is 0 Å². The van der Waals surface area contributed by atoms with Gasteiger partial charge in [0.25, 0.3) is 0 Å². The van der Waals surface area contributed by atoms with Gasteiger partial charge in [-0.1, -0.05) is 32.6 Å². The maximum Gasteiger partial charge on any atom is 0.412 e. The third-order valence-electron chi connectivity index (χ3n) is 9.79. The lowest BCUT2D eigenvalue weighted by molar-refractivity contribution is -0.165. The van der Waals surface area contributed by atoms with Crippen LogP contribution < -0.4 is 15.0 Å². The molecule has 1 aromatic carbocycles. The number of carboxylic acids is 4. The lowest BCUT2D eigenvalue weighted by Crippen LogP contribution is -2.45. The zero-order chi connectivity index (χ0) is 41.6. The van der Waals surface area contributed by atoms with E-state index in [1.165, 1.54) is 43.5 Å². The van der Waals surface area contributed by atoms with E-state index in [4.69, 9.17) is 50.3 Å². The van der Waals surface area contributed by atoms with Gasteiger partial charge in [0.05, 0.1) is 18.4 Å². The number of carbonyl (C=O) groups excluding carboxylic acids is 1. The van der Waals surface area contributed by atoms with Crippen LogP contribution in [0.4, 0.5) is 10.5 Å². The molecule has 2 saturated heterocycles. The first-order valence-electron chi connectivity index (χ1n) is 18.3. The number of anilines is 1. The molecule has 3 aliphatic rings. The van der Waals surface area contributed by atoms with Crippen LogP contribution in [-0.4, -0.2) is 170 Å². The quantitative estimate of drug-likeness (QED) is 0.102. The Labute approximate surface area is 320 Å². The fourth-order valence-corrected chi connectivity index (χ4v) is 7.13. The summed E-state index contributed by atoms with van der Waals surface area (Å²) in [7, 11) is 4.35. The fraction of sp³-hybridized carbons (Fsp3) is 0.694.